The Labute approximate surface area is 125 Å². The van der Waals surface area contributed by atoms with E-state index in [1.165, 1.54) is 12.1 Å². The number of carboxylic acid groups (broad SMARTS) is 1. The third kappa shape index (κ3) is 4.44. The minimum absolute atomic E-state index is 0.155. The summed E-state index contributed by atoms with van der Waals surface area (Å²) in [6.07, 6.45) is 1.20. The van der Waals surface area contributed by atoms with Crippen LogP contribution in [0.4, 0.5) is 5.69 Å². The highest BCUT2D eigenvalue weighted by Gasteiger charge is 2.31. The minimum Gasteiger partial charge on any atom is -0.480 e. The molecule has 0 heterocycles. The third-order valence-electron chi connectivity index (χ3n) is 3.14. The number of aliphatic carboxylic acids is 1. The van der Waals surface area contributed by atoms with Crippen LogP contribution in [-0.2, 0) is 14.8 Å². The Hall–Kier alpha value is -1.60. The minimum atomic E-state index is -3.49. The molecule has 7 heteroatoms. The molecule has 1 aromatic rings. The number of hydrogen-bond acceptors (Lipinski definition) is 4. The summed E-state index contributed by atoms with van der Waals surface area (Å²) < 4.78 is 26.0. The molecular formula is C14H22N2O4S. The van der Waals surface area contributed by atoms with Crippen molar-refractivity contribution in [1.82, 2.24) is 4.72 Å². The number of nitrogens with one attached hydrogen (secondary N) is 2. The molecule has 0 amide bonds. The summed E-state index contributed by atoms with van der Waals surface area (Å²) in [5.74, 6) is -0.936. The van der Waals surface area contributed by atoms with Crippen LogP contribution in [0.3, 0.4) is 0 Å². The van der Waals surface area contributed by atoms with Crippen LogP contribution in [0.5, 0.6) is 0 Å². The Morgan fingerprint density at radius 3 is 2.24 bits per heavy atom. The highest BCUT2D eigenvalue weighted by molar-refractivity contribution is 7.89. The molecule has 1 atom stereocenters. The van der Waals surface area contributed by atoms with Gasteiger partial charge in [0.15, 0.2) is 0 Å². The van der Waals surface area contributed by atoms with Gasteiger partial charge in [-0.3, -0.25) is 0 Å². The molecule has 0 fully saturated rings. The number of carboxylic acids is 1. The van der Waals surface area contributed by atoms with Gasteiger partial charge in [0.2, 0.25) is 10.0 Å². The third-order valence-corrected chi connectivity index (χ3v) is 4.70. The second-order valence-electron chi connectivity index (χ2n) is 5.04. The van der Waals surface area contributed by atoms with Crippen LogP contribution < -0.4 is 10.0 Å². The summed E-state index contributed by atoms with van der Waals surface area (Å²) in [6.45, 7) is 5.55. The number of hydrogen-bond donors (Lipinski definition) is 3. The molecule has 3 N–H and O–H groups in total. The van der Waals surface area contributed by atoms with Gasteiger partial charge in [-0.15, -0.1) is 0 Å². The average Bonchev–Trinajstić information content (AvgIpc) is 2.39. The fraction of sp³-hybridized carbons (Fsp3) is 0.500. The molecule has 0 bridgehead atoms. The first-order valence-electron chi connectivity index (χ1n) is 6.86. The summed E-state index contributed by atoms with van der Waals surface area (Å²) in [5.41, 5.74) is -0.500. The molecular weight excluding hydrogens is 292 g/mol. The van der Waals surface area contributed by atoms with E-state index in [2.05, 4.69) is 10.0 Å². The van der Waals surface area contributed by atoms with E-state index in [4.69, 9.17) is 0 Å². The van der Waals surface area contributed by atoms with Gasteiger partial charge in [-0.05, 0) is 37.6 Å². The van der Waals surface area contributed by atoms with E-state index in [1.54, 1.807) is 26.0 Å². The molecule has 0 saturated heterocycles. The monoisotopic (exact) mass is 314 g/mol. The van der Waals surface area contributed by atoms with Crippen molar-refractivity contribution in [3.63, 3.8) is 0 Å². The Morgan fingerprint density at radius 2 is 1.81 bits per heavy atom. The largest absolute Gasteiger partial charge is 0.480 e. The van der Waals surface area contributed by atoms with Gasteiger partial charge in [0, 0.05) is 12.2 Å². The second kappa shape index (κ2) is 6.91. The van der Waals surface area contributed by atoms with E-state index < -0.39 is 21.5 Å². The molecule has 118 valence electrons. The van der Waals surface area contributed by atoms with Crippen LogP contribution in [0, 0.1) is 0 Å². The van der Waals surface area contributed by atoms with Crippen molar-refractivity contribution < 1.29 is 18.3 Å². The van der Waals surface area contributed by atoms with Crippen molar-refractivity contribution in [2.45, 2.75) is 44.0 Å². The van der Waals surface area contributed by atoms with Crippen molar-refractivity contribution in [2.24, 2.45) is 0 Å². The predicted molar refractivity (Wildman–Crippen MR) is 81.9 cm³/mol. The van der Waals surface area contributed by atoms with E-state index in [9.17, 15) is 18.3 Å². The lowest BCUT2D eigenvalue weighted by molar-refractivity contribution is -0.141. The Bertz CT molecular complexity index is 583. The molecule has 6 nitrogen and oxygen atoms in total. The lowest BCUT2D eigenvalue weighted by Crippen LogP contribution is -2.43. The van der Waals surface area contributed by atoms with Gasteiger partial charge in [0.05, 0.1) is 4.90 Å². The van der Waals surface area contributed by atoms with E-state index in [1.807, 2.05) is 6.92 Å². The zero-order valence-electron chi connectivity index (χ0n) is 12.5. The summed E-state index contributed by atoms with van der Waals surface area (Å²) >= 11 is 0. The topological polar surface area (TPSA) is 95.5 Å². The molecule has 0 saturated carbocycles. The van der Waals surface area contributed by atoms with Gasteiger partial charge < -0.3 is 10.4 Å². The van der Waals surface area contributed by atoms with Crippen LogP contribution >= 0.6 is 0 Å². The number of sulfonamides is 1. The number of rotatable bonds is 8. The molecule has 1 aromatic carbocycles. The number of carbonyl (C=O) groups is 1. The van der Waals surface area contributed by atoms with E-state index >= 15 is 0 Å². The van der Waals surface area contributed by atoms with Crippen LogP contribution in [0.25, 0.3) is 0 Å². The quantitative estimate of drug-likeness (QED) is 0.682. The van der Waals surface area contributed by atoms with Crippen LogP contribution in [0.2, 0.25) is 0 Å². The van der Waals surface area contributed by atoms with Crippen LogP contribution in [-0.4, -0.2) is 31.6 Å². The molecule has 0 aromatic heterocycles. The maximum Gasteiger partial charge on any atom is 0.329 e. The predicted octanol–water partition coefficient (Wildman–Crippen LogP) is 2.04. The zero-order chi connectivity index (χ0) is 16.1. The van der Waals surface area contributed by atoms with E-state index in [-0.39, 0.29) is 4.90 Å². The molecule has 0 aliphatic rings. The molecule has 21 heavy (non-hydrogen) atoms. The van der Waals surface area contributed by atoms with Gasteiger partial charge in [0.25, 0.3) is 0 Å². The van der Waals surface area contributed by atoms with E-state index in [0.717, 1.165) is 6.42 Å². The second-order valence-corrected chi connectivity index (χ2v) is 6.80. The van der Waals surface area contributed by atoms with Crippen molar-refractivity contribution in [2.75, 3.05) is 11.9 Å². The van der Waals surface area contributed by atoms with Gasteiger partial charge in [-0.1, -0.05) is 20.3 Å². The van der Waals surface area contributed by atoms with Gasteiger partial charge in [-0.25, -0.2) is 17.9 Å². The summed E-state index contributed by atoms with van der Waals surface area (Å²) in [4.78, 5) is 11.5. The van der Waals surface area contributed by atoms with Crippen LogP contribution in [0.1, 0.15) is 33.6 Å². The molecule has 1 unspecified atom stereocenters. The zero-order valence-corrected chi connectivity index (χ0v) is 13.3. The van der Waals surface area contributed by atoms with Crippen molar-refractivity contribution >= 4 is 21.7 Å². The molecule has 0 aliphatic carbocycles. The highest BCUT2D eigenvalue weighted by Crippen LogP contribution is 2.22. The number of anilines is 1. The van der Waals surface area contributed by atoms with Crippen molar-refractivity contribution in [3.05, 3.63) is 24.3 Å². The van der Waals surface area contributed by atoms with Crippen molar-refractivity contribution in [3.8, 4) is 0 Å². The summed E-state index contributed by atoms with van der Waals surface area (Å²) in [6, 6.07) is 6.05. The summed E-state index contributed by atoms with van der Waals surface area (Å²) in [7, 11) is -3.49. The fourth-order valence-corrected chi connectivity index (χ4v) is 3.07. The highest BCUT2D eigenvalue weighted by atomic mass is 32.2. The smallest absolute Gasteiger partial charge is 0.329 e. The first-order chi connectivity index (χ1) is 9.75. The standard InChI is InChI=1S/C14H22N2O4S/c1-4-10-14(3,13(17)18)16-11-6-8-12(9-7-11)21(19,20)15-5-2/h6-9,15-16H,4-5,10H2,1-3H3,(H,17,18). The maximum absolute atomic E-state index is 11.8. The normalized spacial score (nSPS) is 14.4. The first kappa shape index (κ1) is 17.5. The first-order valence-corrected chi connectivity index (χ1v) is 8.35. The van der Waals surface area contributed by atoms with E-state index in [0.29, 0.717) is 18.7 Å². The molecule has 0 aliphatic heterocycles. The van der Waals surface area contributed by atoms with Gasteiger partial charge in [0.1, 0.15) is 5.54 Å². The lowest BCUT2D eigenvalue weighted by Gasteiger charge is -2.27. The Kier molecular flexibility index (Phi) is 5.74. The van der Waals surface area contributed by atoms with Crippen molar-refractivity contribution in [1.29, 1.82) is 0 Å². The SMILES string of the molecule is CCCC(C)(Nc1ccc(S(=O)(=O)NCC)cc1)C(=O)O. The average molecular weight is 314 g/mol. The number of benzene rings is 1. The molecule has 0 spiro atoms. The fourth-order valence-electron chi connectivity index (χ4n) is 2.03. The van der Waals surface area contributed by atoms with Gasteiger partial charge >= 0.3 is 5.97 Å². The molecule has 1 rings (SSSR count). The van der Waals surface area contributed by atoms with Crippen LogP contribution in [0.15, 0.2) is 29.2 Å². The van der Waals surface area contributed by atoms with Gasteiger partial charge in [-0.2, -0.15) is 0 Å². The molecule has 0 radical (unpaired) electrons. The Balaban J connectivity index is 2.95. The summed E-state index contributed by atoms with van der Waals surface area (Å²) in [5, 5.41) is 12.3. The maximum atomic E-state index is 11.8. The lowest BCUT2D eigenvalue weighted by atomic mass is 9.96. The Morgan fingerprint density at radius 1 is 1.24 bits per heavy atom.